The van der Waals surface area contributed by atoms with Gasteiger partial charge in [0, 0.05) is 17.8 Å². The van der Waals surface area contributed by atoms with Crippen LogP contribution in [0.3, 0.4) is 0 Å². The molecular weight excluding hydrogens is 337 g/mol. The van der Waals surface area contributed by atoms with Crippen molar-refractivity contribution in [3.63, 3.8) is 0 Å². The molecular formula is C10H12IN3OS. The Labute approximate surface area is 111 Å². The molecule has 2 rings (SSSR count). The summed E-state index contributed by atoms with van der Waals surface area (Å²) >= 11 is 3.93. The molecule has 0 aromatic carbocycles. The van der Waals surface area contributed by atoms with E-state index in [0.717, 1.165) is 12.0 Å². The number of rotatable bonds is 4. The summed E-state index contributed by atoms with van der Waals surface area (Å²) in [4.78, 5) is 4.33. The van der Waals surface area contributed by atoms with Gasteiger partial charge in [0.25, 0.3) is 5.89 Å². The molecule has 0 fully saturated rings. The summed E-state index contributed by atoms with van der Waals surface area (Å²) in [5.74, 6) is 1.27. The molecule has 1 atom stereocenters. The zero-order valence-corrected chi connectivity index (χ0v) is 11.8. The number of halogens is 1. The Morgan fingerprint density at radius 3 is 3.06 bits per heavy atom. The average Bonchev–Trinajstić information content (AvgIpc) is 2.87. The second kappa shape index (κ2) is 5.24. The van der Waals surface area contributed by atoms with Crippen LogP contribution in [0.25, 0.3) is 11.5 Å². The lowest BCUT2D eigenvalue weighted by Gasteiger charge is -2.02. The van der Waals surface area contributed by atoms with Gasteiger partial charge in [-0.25, -0.2) is 0 Å². The Balaban J connectivity index is 2.13. The lowest BCUT2D eigenvalue weighted by Crippen LogP contribution is -2.21. The maximum atomic E-state index is 5.84. The van der Waals surface area contributed by atoms with E-state index in [1.54, 1.807) is 11.3 Å². The molecule has 2 aromatic rings. The van der Waals surface area contributed by atoms with Gasteiger partial charge >= 0.3 is 0 Å². The fourth-order valence-corrected chi connectivity index (χ4v) is 2.58. The van der Waals surface area contributed by atoms with Crippen LogP contribution in [0.4, 0.5) is 0 Å². The summed E-state index contributed by atoms with van der Waals surface area (Å²) in [6.07, 6.45) is 1.58. The average molecular weight is 349 g/mol. The van der Waals surface area contributed by atoms with E-state index in [4.69, 9.17) is 10.3 Å². The van der Waals surface area contributed by atoms with Crippen LogP contribution in [-0.4, -0.2) is 16.2 Å². The van der Waals surface area contributed by atoms with Gasteiger partial charge < -0.3 is 10.3 Å². The van der Waals surface area contributed by atoms with Gasteiger partial charge in [0.2, 0.25) is 0 Å². The van der Waals surface area contributed by atoms with Crippen LogP contribution in [0.15, 0.2) is 16.0 Å². The molecule has 6 heteroatoms. The molecule has 2 aromatic heterocycles. The molecule has 0 saturated carbocycles. The van der Waals surface area contributed by atoms with E-state index in [-0.39, 0.29) is 6.04 Å². The first-order chi connectivity index (χ1) is 7.69. The molecule has 2 N–H and O–H groups in total. The van der Waals surface area contributed by atoms with Crippen molar-refractivity contribution < 1.29 is 4.52 Å². The van der Waals surface area contributed by atoms with Crippen molar-refractivity contribution in [2.24, 2.45) is 5.73 Å². The largest absolute Gasteiger partial charge is 0.334 e. The Morgan fingerprint density at radius 1 is 1.62 bits per heavy atom. The molecule has 86 valence electrons. The van der Waals surface area contributed by atoms with E-state index in [9.17, 15) is 0 Å². The zero-order valence-electron chi connectivity index (χ0n) is 8.81. The summed E-state index contributed by atoms with van der Waals surface area (Å²) in [5, 5.41) is 5.94. The van der Waals surface area contributed by atoms with Gasteiger partial charge in [0.15, 0.2) is 5.82 Å². The van der Waals surface area contributed by atoms with Crippen molar-refractivity contribution in [2.75, 3.05) is 0 Å². The molecule has 0 spiro atoms. The standard InChI is InChI=1S/C10H12IN3OS/c1-2-7(12)4-9-13-10(15-14-9)6-3-8(11)16-5-6/h3,5,7H,2,4,12H2,1H3. The lowest BCUT2D eigenvalue weighted by molar-refractivity contribution is 0.419. The summed E-state index contributed by atoms with van der Waals surface area (Å²) in [6, 6.07) is 2.13. The van der Waals surface area contributed by atoms with Crippen molar-refractivity contribution in [3.05, 3.63) is 20.2 Å². The van der Waals surface area contributed by atoms with Crippen LogP contribution in [0.1, 0.15) is 19.2 Å². The highest BCUT2D eigenvalue weighted by Crippen LogP contribution is 2.25. The smallest absolute Gasteiger partial charge is 0.258 e. The molecule has 2 heterocycles. The van der Waals surface area contributed by atoms with Crippen LogP contribution < -0.4 is 5.73 Å². The minimum atomic E-state index is 0.105. The van der Waals surface area contributed by atoms with Crippen LogP contribution in [-0.2, 0) is 6.42 Å². The summed E-state index contributed by atoms with van der Waals surface area (Å²) in [7, 11) is 0. The Hall–Kier alpha value is -0.470. The monoisotopic (exact) mass is 349 g/mol. The molecule has 0 aliphatic carbocycles. The molecule has 16 heavy (non-hydrogen) atoms. The van der Waals surface area contributed by atoms with E-state index in [1.807, 2.05) is 18.4 Å². The third-order valence-corrected chi connectivity index (χ3v) is 4.04. The maximum Gasteiger partial charge on any atom is 0.258 e. The highest BCUT2D eigenvalue weighted by atomic mass is 127. The van der Waals surface area contributed by atoms with Crippen molar-refractivity contribution in [2.45, 2.75) is 25.8 Å². The van der Waals surface area contributed by atoms with Crippen LogP contribution in [0.2, 0.25) is 0 Å². The van der Waals surface area contributed by atoms with Gasteiger partial charge in [-0.1, -0.05) is 12.1 Å². The Kier molecular flexibility index (Phi) is 3.93. The summed E-state index contributed by atoms with van der Waals surface area (Å²) in [6.45, 7) is 2.05. The first-order valence-corrected chi connectivity index (χ1v) is 6.97. The number of hydrogen-bond donors (Lipinski definition) is 1. The maximum absolute atomic E-state index is 5.84. The minimum Gasteiger partial charge on any atom is -0.334 e. The molecule has 0 aliphatic heterocycles. The van der Waals surface area contributed by atoms with Crippen molar-refractivity contribution in [1.82, 2.24) is 10.1 Å². The van der Waals surface area contributed by atoms with E-state index in [1.165, 1.54) is 2.88 Å². The number of nitrogens with two attached hydrogens (primary N) is 1. The van der Waals surface area contributed by atoms with Crippen molar-refractivity contribution in [1.29, 1.82) is 0 Å². The number of nitrogens with zero attached hydrogens (tertiary/aromatic N) is 2. The van der Waals surface area contributed by atoms with Gasteiger partial charge in [-0.15, -0.1) is 11.3 Å². The fourth-order valence-electron chi connectivity index (χ4n) is 1.26. The first kappa shape index (κ1) is 12.0. The van der Waals surface area contributed by atoms with E-state index >= 15 is 0 Å². The topological polar surface area (TPSA) is 64.9 Å². The van der Waals surface area contributed by atoms with E-state index in [2.05, 4.69) is 32.7 Å². The fraction of sp³-hybridized carbons (Fsp3) is 0.400. The van der Waals surface area contributed by atoms with Crippen LogP contribution >= 0.6 is 33.9 Å². The van der Waals surface area contributed by atoms with Gasteiger partial charge in [-0.3, -0.25) is 0 Å². The van der Waals surface area contributed by atoms with Gasteiger partial charge in [0.05, 0.1) is 8.45 Å². The Morgan fingerprint density at radius 2 is 2.44 bits per heavy atom. The van der Waals surface area contributed by atoms with Crippen molar-refractivity contribution in [3.8, 4) is 11.5 Å². The van der Waals surface area contributed by atoms with E-state index < -0.39 is 0 Å². The third-order valence-electron chi connectivity index (χ3n) is 2.25. The van der Waals surface area contributed by atoms with E-state index in [0.29, 0.717) is 18.1 Å². The molecule has 1 unspecified atom stereocenters. The van der Waals surface area contributed by atoms with Crippen LogP contribution in [0.5, 0.6) is 0 Å². The highest BCUT2D eigenvalue weighted by Gasteiger charge is 2.12. The zero-order chi connectivity index (χ0) is 11.5. The molecule has 0 saturated heterocycles. The second-order valence-corrected chi connectivity index (χ2v) is 6.33. The normalized spacial score (nSPS) is 12.9. The molecule has 0 aliphatic rings. The molecule has 4 nitrogen and oxygen atoms in total. The molecule has 0 amide bonds. The Bertz CT molecular complexity index is 468. The lowest BCUT2D eigenvalue weighted by atomic mass is 10.2. The SMILES string of the molecule is CCC(N)Cc1noc(-c2csc(I)c2)n1. The first-order valence-electron chi connectivity index (χ1n) is 5.01. The number of hydrogen-bond acceptors (Lipinski definition) is 5. The molecule has 0 radical (unpaired) electrons. The predicted molar refractivity (Wildman–Crippen MR) is 72.3 cm³/mol. The van der Waals surface area contributed by atoms with Crippen molar-refractivity contribution >= 4 is 33.9 Å². The minimum absolute atomic E-state index is 0.105. The predicted octanol–water partition coefficient (Wildman–Crippen LogP) is 2.68. The molecule has 0 bridgehead atoms. The second-order valence-electron chi connectivity index (χ2n) is 3.53. The third kappa shape index (κ3) is 2.80. The number of aromatic nitrogens is 2. The quantitative estimate of drug-likeness (QED) is 0.862. The van der Waals surface area contributed by atoms with Crippen LogP contribution in [0, 0.1) is 2.88 Å². The summed E-state index contributed by atoms with van der Waals surface area (Å²) < 4.78 is 6.40. The van der Waals surface area contributed by atoms with Gasteiger partial charge in [-0.2, -0.15) is 4.98 Å². The number of thiophene rings is 1. The summed E-state index contributed by atoms with van der Waals surface area (Å²) in [5.41, 5.74) is 6.82. The van der Waals surface area contributed by atoms with Gasteiger partial charge in [0.1, 0.15) is 0 Å². The van der Waals surface area contributed by atoms with Gasteiger partial charge in [-0.05, 0) is 35.1 Å². The highest BCUT2D eigenvalue weighted by molar-refractivity contribution is 14.1.